The second-order valence-electron chi connectivity index (χ2n) is 4.78. The first kappa shape index (κ1) is 12.6. The van der Waals surface area contributed by atoms with Crippen LogP contribution in [0.3, 0.4) is 0 Å². The van der Waals surface area contributed by atoms with Gasteiger partial charge in [0.05, 0.1) is 6.04 Å². The Kier molecular flexibility index (Phi) is 4.25. The van der Waals surface area contributed by atoms with Crippen LogP contribution in [0.4, 0.5) is 0 Å². The minimum Gasteiger partial charge on any atom is -0.330 e. The van der Waals surface area contributed by atoms with E-state index < -0.39 is 0 Å². The van der Waals surface area contributed by atoms with Crippen molar-refractivity contribution in [2.24, 2.45) is 11.1 Å². The lowest BCUT2D eigenvalue weighted by Crippen LogP contribution is -2.36. The van der Waals surface area contributed by atoms with Crippen molar-refractivity contribution < 1.29 is 0 Å². The molecule has 1 aromatic heterocycles. The van der Waals surface area contributed by atoms with Gasteiger partial charge in [0.25, 0.3) is 0 Å². The molecule has 15 heavy (non-hydrogen) atoms. The van der Waals surface area contributed by atoms with E-state index in [2.05, 4.69) is 38.0 Å². The third-order valence-corrected chi connectivity index (χ3v) is 3.54. The maximum Gasteiger partial charge on any atom is 0.109 e. The number of nitrogens with two attached hydrogens (primary N) is 1. The molecule has 0 aliphatic rings. The number of aryl methyl sites for hydroxylation is 1. The SMILES string of the molecule is Cc1cnc(C(C)NCC(C)(C)CN)s1. The Morgan fingerprint density at radius 2 is 2.27 bits per heavy atom. The highest BCUT2D eigenvalue weighted by Gasteiger charge is 2.17. The van der Waals surface area contributed by atoms with Crippen LogP contribution < -0.4 is 11.1 Å². The maximum atomic E-state index is 5.68. The molecule has 0 amide bonds. The zero-order valence-electron chi connectivity index (χ0n) is 10.0. The molecule has 4 heteroatoms. The van der Waals surface area contributed by atoms with Crippen LogP contribution in [-0.2, 0) is 0 Å². The molecule has 0 saturated heterocycles. The van der Waals surface area contributed by atoms with Crippen LogP contribution in [-0.4, -0.2) is 18.1 Å². The summed E-state index contributed by atoms with van der Waals surface area (Å²) in [6.07, 6.45) is 1.92. The first-order chi connectivity index (χ1) is 6.94. The lowest BCUT2D eigenvalue weighted by atomic mass is 9.93. The fourth-order valence-corrected chi connectivity index (χ4v) is 1.96. The normalized spacial score (nSPS) is 14.2. The predicted molar refractivity (Wildman–Crippen MR) is 66.1 cm³/mol. The molecule has 0 radical (unpaired) electrons. The third-order valence-electron chi connectivity index (χ3n) is 2.45. The van der Waals surface area contributed by atoms with Crippen LogP contribution in [0.2, 0.25) is 0 Å². The Labute approximate surface area is 96.1 Å². The quantitative estimate of drug-likeness (QED) is 0.810. The number of rotatable bonds is 5. The van der Waals surface area contributed by atoms with Crippen LogP contribution in [0.15, 0.2) is 6.20 Å². The minimum absolute atomic E-state index is 0.153. The van der Waals surface area contributed by atoms with Crippen molar-refractivity contribution in [3.05, 3.63) is 16.1 Å². The van der Waals surface area contributed by atoms with Gasteiger partial charge in [0.15, 0.2) is 0 Å². The summed E-state index contributed by atoms with van der Waals surface area (Å²) in [7, 11) is 0. The Morgan fingerprint density at radius 1 is 1.60 bits per heavy atom. The molecule has 0 fully saturated rings. The van der Waals surface area contributed by atoms with Crippen LogP contribution in [0.25, 0.3) is 0 Å². The van der Waals surface area contributed by atoms with Gasteiger partial charge in [-0.25, -0.2) is 4.98 Å². The largest absolute Gasteiger partial charge is 0.330 e. The summed E-state index contributed by atoms with van der Waals surface area (Å²) in [6.45, 7) is 10.2. The van der Waals surface area contributed by atoms with E-state index in [0.29, 0.717) is 12.6 Å². The molecule has 0 aromatic carbocycles. The molecule has 3 nitrogen and oxygen atoms in total. The topological polar surface area (TPSA) is 50.9 Å². The molecule has 0 aliphatic heterocycles. The van der Waals surface area contributed by atoms with Gasteiger partial charge in [-0.05, 0) is 25.8 Å². The average Bonchev–Trinajstić information content (AvgIpc) is 2.61. The van der Waals surface area contributed by atoms with Gasteiger partial charge in [0.1, 0.15) is 5.01 Å². The first-order valence-corrected chi connectivity index (χ1v) is 6.12. The molecule has 3 N–H and O–H groups in total. The second-order valence-corrected chi connectivity index (χ2v) is 6.05. The monoisotopic (exact) mass is 227 g/mol. The summed E-state index contributed by atoms with van der Waals surface area (Å²) in [5.74, 6) is 0. The minimum atomic E-state index is 0.153. The molecule has 0 saturated carbocycles. The number of nitrogens with zero attached hydrogens (tertiary/aromatic N) is 1. The lowest BCUT2D eigenvalue weighted by Gasteiger charge is -2.24. The molecule has 0 spiro atoms. The smallest absolute Gasteiger partial charge is 0.109 e. The van der Waals surface area contributed by atoms with Crippen molar-refractivity contribution in [3.63, 3.8) is 0 Å². The van der Waals surface area contributed by atoms with E-state index in [-0.39, 0.29) is 5.41 Å². The van der Waals surface area contributed by atoms with Gasteiger partial charge >= 0.3 is 0 Å². The van der Waals surface area contributed by atoms with Crippen LogP contribution in [0.1, 0.15) is 36.7 Å². The molecule has 1 heterocycles. The Bertz CT molecular complexity index is 307. The van der Waals surface area contributed by atoms with E-state index in [0.717, 1.165) is 11.6 Å². The summed E-state index contributed by atoms with van der Waals surface area (Å²) < 4.78 is 0. The summed E-state index contributed by atoms with van der Waals surface area (Å²) in [4.78, 5) is 5.63. The second kappa shape index (κ2) is 5.05. The van der Waals surface area contributed by atoms with E-state index in [1.54, 1.807) is 11.3 Å². The van der Waals surface area contributed by atoms with E-state index in [1.165, 1.54) is 4.88 Å². The van der Waals surface area contributed by atoms with E-state index in [4.69, 9.17) is 5.73 Å². The summed E-state index contributed by atoms with van der Waals surface area (Å²) in [5, 5.41) is 4.62. The zero-order chi connectivity index (χ0) is 11.5. The summed E-state index contributed by atoms with van der Waals surface area (Å²) >= 11 is 1.75. The van der Waals surface area contributed by atoms with E-state index in [9.17, 15) is 0 Å². The molecule has 1 aromatic rings. The van der Waals surface area contributed by atoms with E-state index in [1.807, 2.05) is 6.20 Å². The summed E-state index contributed by atoms with van der Waals surface area (Å²) in [6, 6.07) is 0.314. The highest BCUT2D eigenvalue weighted by atomic mass is 32.1. The standard InChI is InChI=1S/C11H21N3S/c1-8-5-13-10(15-8)9(2)14-7-11(3,4)6-12/h5,9,14H,6-7,12H2,1-4H3. The molecule has 1 rings (SSSR count). The maximum absolute atomic E-state index is 5.68. The van der Waals surface area contributed by atoms with Crippen LogP contribution in [0, 0.1) is 12.3 Å². The van der Waals surface area contributed by atoms with Gasteiger partial charge in [-0.2, -0.15) is 0 Å². The van der Waals surface area contributed by atoms with Gasteiger partial charge < -0.3 is 11.1 Å². The van der Waals surface area contributed by atoms with Gasteiger partial charge in [-0.15, -0.1) is 11.3 Å². The molecule has 1 atom stereocenters. The molecule has 86 valence electrons. The Hall–Kier alpha value is -0.450. The number of nitrogens with one attached hydrogen (secondary N) is 1. The van der Waals surface area contributed by atoms with Crippen molar-refractivity contribution in [2.75, 3.05) is 13.1 Å². The summed E-state index contributed by atoms with van der Waals surface area (Å²) in [5.41, 5.74) is 5.84. The number of thiazole rings is 1. The highest BCUT2D eigenvalue weighted by Crippen LogP contribution is 2.20. The van der Waals surface area contributed by atoms with Crippen molar-refractivity contribution in [1.82, 2.24) is 10.3 Å². The van der Waals surface area contributed by atoms with Crippen LogP contribution >= 0.6 is 11.3 Å². The Balaban J connectivity index is 2.46. The fraction of sp³-hybridized carbons (Fsp3) is 0.727. The average molecular weight is 227 g/mol. The highest BCUT2D eigenvalue weighted by molar-refractivity contribution is 7.11. The molecular formula is C11H21N3S. The lowest BCUT2D eigenvalue weighted by molar-refractivity contribution is 0.335. The number of hydrogen-bond acceptors (Lipinski definition) is 4. The van der Waals surface area contributed by atoms with Crippen molar-refractivity contribution in [1.29, 1.82) is 0 Å². The van der Waals surface area contributed by atoms with Gasteiger partial charge in [-0.3, -0.25) is 0 Å². The fourth-order valence-electron chi connectivity index (χ4n) is 1.16. The van der Waals surface area contributed by atoms with Gasteiger partial charge in [0, 0.05) is 17.6 Å². The van der Waals surface area contributed by atoms with Gasteiger partial charge in [0.2, 0.25) is 0 Å². The predicted octanol–water partition coefficient (Wildman–Crippen LogP) is 2.09. The third kappa shape index (κ3) is 3.89. The number of aromatic nitrogens is 1. The zero-order valence-corrected chi connectivity index (χ0v) is 10.8. The van der Waals surface area contributed by atoms with Crippen molar-refractivity contribution in [3.8, 4) is 0 Å². The molecule has 0 bridgehead atoms. The molecular weight excluding hydrogens is 206 g/mol. The molecule has 1 unspecified atom stereocenters. The number of hydrogen-bond donors (Lipinski definition) is 2. The van der Waals surface area contributed by atoms with E-state index >= 15 is 0 Å². The first-order valence-electron chi connectivity index (χ1n) is 5.30. The Morgan fingerprint density at radius 3 is 2.73 bits per heavy atom. The van der Waals surface area contributed by atoms with Crippen LogP contribution in [0.5, 0.6) is 0 Å². The van der Waals surface area contributed by atoms with Crippen molar-refractivity contribution >= 4 is 11.3 Å². The van der Waals surface area contributed by atoms with Crippen molar-refractivity contribution in [2.45, 2.75) is 33.7 Å². The van der Waals surface area contributed by atoms with Gasteiger partial charge in [-0.1, -0.05) is 13.8 Å². The molecule has 0 aliphatic carbocycles.